The van der Waals surface area contributed by atoms with Crippen molar-refractivity contribution < 1.29 is 0 Å². The Morgan fingerprint density at radius 2 is 1.91 bits per heavy atom. The SMILES string of the molecule is [CH2]CC[Se]Cc1ccccc1. The Balaban J connectivity index is 2.28. The normalized spacial score (nSPS) is 9.91. The molecule has 0 aliphatic heterocycles. The predicted octanol–water partition coefficient (Wildman–Crippen LogP) is 2.53. The Morgan fingerprint density at radius 1 is 1.18 bits per heavy atom. The molecule has 0 nitrogen and oxygen atoms in total. The van der Waals surface area contributed by atoms with Gasteiger partial charge in [-0.1, -0.05) is 0 Å². The molecule has 0 saturated carbocycles. The van der Waals surface area contributed by atoms with Crippen molar-refractivity contribution in [2.24, 2.45) is 0 Å². The standard InChI is InChI=1S/C10H13Se/c1-2-8-11-9-10-6-4-3-5-7-10/h3-7H,1-2,8-9H2. The van der Waals surface area contributed by atoms with Crippen LogP contribution in [0, 0.1) is 6.92 Å². The fourth-order valence-corrected chi connectivity index (χ4v) is 2.50. The van der Waals surface area contributed by atoms with Gasteiger partial charge in [0.15, 0.2) is 0 Å². The topological polar surface area (TPSA) is 0 Å². The fraction of sp³-hybridized carbons (Fsp3) is 0.300. The summed E-state index contributed by atoms with van der Waals surface area (Å²) in [6.07, 6.45) is 1.09. The minimum absolute atomic E-state index is 0.767. The Kier molecular flexibility index (Phi) is 4.33. The first-order valence-electron chi connectivity index (χ1n) is 3.84. The van der Waals surface area contributed by atoms with Crippen LogP contribution in [0.2, 0.25) is 5.32 Å². The predicted molar refractivity (Wildman–Crippen MR) is 50.7 cm³/mol. The van der Waals surface area contributed by atoms with Gasteiger partial charge in [-0.25, -0.2) is 0 Å². The van der Waals surface area contributed by atoms with Crippen molar-refractivity contribution in [2.75, 3.05) is 0 Å². The van der Waals surface area contributed by atoms with E-state index in [0.717, 1.165) is 21.4 Å². The second-order valence-electron chi connectivity index (χ2n) is 2.39. The zero-order valence-electron chi connectivity index (χ0n) is 6.62. The molecule has 0 aliphatic rings. The zero-order valence-corrected chi connectivity index (χ0v) is 8.34. The molecule has 0 saturated heterocycles. The van der Waals surface area contributed by atoms with Crippen molar-refractivity contribution in [3.05, 3.63) is 42.8 Å². The van der Waals surface area contributed by atoms with Crippen LogP contribution in [0.4, 0.5) is 0 Å². The molecule has 0 aliphatic carbocycles. The number of rotatable bonds is 4. The summed E-state index contributed by atoms with van der Waals surface area (Å²) in [6.45, 7) is 3.83. The van der Waals surface area contributed by atoms with Crippen LogP contribution in [0.25, 0.3) is 0 Å². The first-order chi connectivity index (χ1) is 5.43. The van der Waals surface area contributed by atoms with Crippen molar-refractivity contribution >= 4 is 15.0 Å². The van der Waals surface area contributed by atoms with Gasteiger partial charge >= 0.3 is 74.8 Å². The molecule has 0 unspecified atom stereocenters. The summed E-state index contributed by atoms with van der Waals surface area (Å²) in [4.78, 5) is 0. The minimum atomic E-state index is 0.767. The molecule has 1 rings (SSSR count). The van der Waals surface area contributed by atoms with Crippen molar-refractivity contribution in [3.63, 3.8) is 0 Å². The average molecular weight is 212 g/mol. The third-order valence-corrected chi connectivity index (χ3v) is 3.74. The molecule has 0 spiro atoms. The molecule has 0 atom stereocenters. The van der Waals surface area contributed by atoms with Crippen molar-refractivity contribution in [1.29, 1.82) is 0 Å². The summed E-state index contributed by atoms with van der Waals surface area (Å²) in [5.74, 6) is 0. The third kappa shape index (κ3) is 3.59. The maximum atomic E-state index is 3.83. The van der Waals surface area contributed by atoms with Crippen LogP contribution in [0.15, 0.2) is 30.3 Å². The van der Waals surface area contributed by atoms with Gasteiger partial charge in [-0.2, -0.15) is 0 Å². The summed E-state index contributed by atoms with van der Waals surface area (Å²) in [6, 6.07) is 10.7. The van der Waals surface area contributed by atoms with Gasteiger partial charge in [0.25, 0.3) is 0 Å². The van der Waals surface area contributed by atoms with Crippen LogP contribution in [0.3, 0.4) is 0 Å². The molecule has 1 radical (unpaired) electrons. The molecular formula is C10H13Se. The van der Waals surface area contributed by atoms with Crippen LogP contribution in [-0.2, 0) is 5.32 Å². The third-order valence-electron chi connectivity index (χ3n) is 1.40. The van der Waals surface area contributed by atoms with Gasteiger partial charge in [-0.3, -0.25) is 0 Å². The Bertz CT molecular complexity index is 181. The maximum absolute atomic E-state index is 3.83. The number of hydrogen-bond donors (Lipinski definition) is 0. The molecule has 0 aromatic heterocycles. The Labute approximate surface area is 75.2 Å². The van der Waals surface area contributed by atoms with Crippen LogP contribution in [-0.4, -0.2) is 15.0 Å². The van der Waals surface area contributed by atoms with Gasteiger partial charge in [0.2, 0.25) is 0 Å². The van der Waals surface area contributed by atoms with E-state index in [1.54, 1.807) is 0 Å². The van der Waals surface area contributed by atoms with Gasteiger partial charge in [-0.15, -0.1) is 0 Å². The van der Waals surface area contributed by atoms with Crippen molar-refractivity contribution in [1.82, 2.24) is 0 Å². The molecular weight excluding hydrogens is 199 g/mol. The quantitative estimate of drug-likeness (QED) is 0.531. The van der Waals surface area contributed by atoms with Crippen LogP contribution in [0.5, 0.6) is 0 Å². The number of benzene rings is 1. The summed E-state index contributed by atoms with van der Waals surface area (Å²) in [5, 5.41) is 2.57. The van der Waals surface area contributed by atoms with Gasteiger partial charge in [0.1, 0.15) is 0 Å². The zero-order chi connectivity index (χ0) is 7.94. The van der Waals surface area contributed by atoms with Crippen molar-refractivity contribution in [2.45, 2.75) is 17.1 Å². The average Bonchev–Trinajstić information content (AvgIpc) is 2.07. The van der Waals surface area contributed by atoms with Gasteiger partial charge < -0.3 is 0 Å². The Morgan fingerprint density at radius 3 is 2.55 bits per heavy atom. The summed E-state index contributed by atoms with van der Waals surface area (Å²) >= 11 is 0.767. The van der Waals surface area contributed by atoms with E-state index in [1.807, 2.05) is 0 Å². The molecule has 0 bridgehead atoms. The molecule has 1 aromatic rings. The van der Waals surface area contributed by atoms with Crippen LogP contribution < -0.4 is 0 Å². The summed E-state index contributed by atoms with van der Waals surface area (Å²) in [5.41, 5.74) is 1.47. The molecule has 0 heterocycles. The van der Waals surface area contributed by atoms with E-state index >= 15 is 0 Å². The second-order valence-corrected chi connectivity index (χ2v) is 4.71. The molecule has 1 aromatic carbocycles. The summed E-state index contributed by atoms with van der Waals surface area (Å²) in [7, 11) is 0. The van der Waals surface area contributed by atoms with E-state index in [-0.39, 0.29) is 0 Å². The van der Waals surface area contributed by atoms with Gasteiger partial charge in [-0.05, 0) is 0 Å². The molecule has 59 valence electrons. The van der Waals surface area contributed by atoms with E-state index in [9.17, 15) is 0 Å². The monoisotopic (exact) mass is 213 g/mol. The van der Waals surface area contributed by atoms with E-state index in [2.05, 4.69) is 37.3 Å². The molecule has 0 amide bonds. The van der Waals surface area contributed by atoms with Crippen molar-refractivity contribution in [3.8, 4) is 0 Å². The number of hydrogen-bond acceptors (Lipinski definition) is 0. The van der Waals surface area contributed by atoms with Crippen LogP contribution in [0.1, 0.15) is 12.0 Å². The van der Waals surface area contributed by atoms with Crippen LogP contribution >= 0.6 is 0 Å². The van der Waals surface area contributed by atoms with Gasteiger partial charge in [0, 0.05) is 0 Å². The fourth-order valence-electron chi connectivity index (χ4n) is 0.866. The van der Waals surface area contributed by atoms with E-state index in [4.69, 9.17) is 0 Å². The first-order valence-corrected chi connectivity index (χ1v) is 6.26. The van der Waals surface area contributed by atoms with E-state index in [0.29, 0.717) is 0 Å². The molecule has 0 N–H and O–H groups in total. The van der Waals surface area contributed by atoms with E-state index in [1.165, 1.54) is 16.2 Å². The second kappa shape index (κ2) is 5.40. The first kappa shape index (κ1) is 8.83. The molecule has 11 heavy (non-hydrogen) atoms. The Hall–Kier alpha value is -0.261. The molecule has 0 fully saturated rings. The van der Waals surface area contributed by atoms with E-state index < -0.39 is 0 Å². The summed E-state index contributed by atoms with van der Waals surface area (Å²) < 4.78 is 0. The molecule has 1 heteroatoms. The van der Waals surface area contributed by atoms with Gasteiger partial charge in [0.05, 0.1) is 0 Å².